The SMILES string of the molecule is Cc1cccc(OCCCC(=O)N2CC(C)Oc3c(-c4cnn(Cc5cccc(C(=O)O)c5)c4)cccc32)c1C. The summed E-state index contributed by atoms with van der Waals surface area (Å²) in [6, 6.07) is 18.6. The number of amides is 1. The zero-order chi connectivity index (χ0) is 28.2. The number of carbonyl (C=O) groups excluding carboxylic acids is 1. The van der Waals surface area contributed by atoms with E-state index in [1.165, 1.54) is 5.56 Å². The summed E-state index contributed by atoms with van der Waals surface area (Å²) in [5.41, 5.74) is 5.84. The summed E-state index contributed by atoms with van der Waals surface area (Å²) in [4.78, 5) is 26.5. The number of fused-ring (bicyclic) bond motifs is 1. The molecule has 0 radical (unpaired) electrons. The molecular formula is C32H33N3O5. The van der Waals surface area contributed by atoms with Crippen molar-refractivity contribution in [3.05, 3.63) is 95.3 Å². The fourth-order valence-corrected chi connectivity index (χ4v) is 4.92. The van der Waals surface area contributed by atoms with Crippen LogP contribution in [0.3, 0.4) is 0 Å². The second-order valence-corrected chi connectivity index (χ2v) is 10.2. The number of hydrogen-bond acceptors (Lipinski definition) is 5. The topological polar surface area (TPSA) is 93.9 Å². The number of aromatic nitrogens is 2. The number of para-hydroxylation sites is 1. The summed E-state index contributed by atoms with van der Waals surface area (Å²) in [6.07, 6.45) is 4.48. The van der Waals surface area contributed by atoms with E-state index < -0.39 is 5.97 Å². The second kappa shape index (κ2) is 11.7. The van der Waals surface area contributed by atoms with Crippen LogP contribution in [0, 0.1) is 13.8 Å². The molecule has 1 aliphatic rings. The van der Waals surface area contributed by atoms with Gasteiger partial charge in [-0.05, 0) is 68.1 Å². The lowest BCUT2D eigenvalue weighted by atomic mass is 10.0. The third kappa shape index (κ3) is 5.86. The predicted octanol–water partition coefficient (Wildman–Crippen LogP) is 5.89. The highest BCUT2D eigenvalue weighted by Gasteiger charge is 2.29. The van der Waals surface area contributed by atoms with Gasteiger partial charge >= 0.3 is 5.97 Å². The highest BCUT2D eigenvalue weighted by molar-refractivity contribution is 5.97. The molecule has 0 fully saturated rings. The van der Waals surface area contributed by atoms with E-state index >= 15 is 0 Å². The lowest BCUT2D eigenvalue weighted by Gasteiger charge is -2.34. The summed E-state index contributed by atoms with van der Waals surface area (Å²) in [5.74, 6) is 0.594. The quantitative estimate of drug-likeness (QED) is 0.267. The summed E-state index contributed by atoms with van der Waals surface area (Å²) in [5, 5.41) is 13.8. The van der Waals surface area contributed by atoms with E-state index in [0.717, 1.165) is 33.7 Å². The first kappa shape index (κ1) is 27.0. The predicted molar refractivity (Wildman–Crippen MR) is 153 cm³/mol. The maximum atomic E-state index is 13.3. The number of aryl methyl sites for hydroxylation is 1. The summed E-state index contributed by atoms with van der Waals surface area (Å²) in [6.45, 7) is 7.44. The Balaban J connectivity index is 1.29. The van der Waals surface area contributed by atoms with Gasteiger partial charge in [-0.15, -0.1) is 0 Å². The fraction of sp³-hybridized carbons (Fsp3) is 0.281. The Morgan fingerprint density at radius 1 is 1.10 bits per heavy atom. The highest BCUT2D eigenvalue weighted by Crippen LogP contribution is 2.42. The first-order valence-corrected chi connectivity index (χ1v) is 13.4. The molecule has 8 heteroatoms. The van der Waals surface area contributed by atoms with Gasteiger partial charge in [0.1, 0.15) is 11.9 Å². The molecule has 1 amide bonds. The minimum absolute atomic E-state index is 0.0344. The van der Waals surface area contributed by atoms with Crippen LogP contribution >= 0.6 is 0 Å². The standard InChI is InChI=1S/C32H33N3O5/c1-21-8-4-13-29(23(21)3)39-15-7-14-30(36)35-18-22(2)40-31-27(11-6-12-28(31)35)26-17-33-34(20-26)19-24-9-5-10-25(16-24)32(37)38/h4-6,8-13,16-17,20,22H,7,14-15,18-19H2,1-3H3,(H,37,38). The van der Waals surface area contributed by atoms with Crippen LogP contribution in [0.4, 0.5) is 5.69 Å². The normalized spacial score (nSPS) is 14.4. The van der Waals surface area contributed by atoms with Gasteiger partial charge in [-0.1, -0.05) is 36.4 Å². The van der Waals surface area contributed by atoms with Crippen LogP contribution in [0.25, 0.3) is 11.1 Å². The molecule has 1 unspecified atom stereocenters. The zero-order valence-electron chi connectivity index (χ0n) is 23.0. The van der Waals surface area contributed by atoms with Crippen molar-refractivity contribution in [2.24, 2.45) is 0 Å². The van der Waals surface area contributed by atoms with Gasteiger partial charge in [0.05, 0.1) is 37.1 Å². The smallest absolute Gasteiger partial charge is 0.335 e. The molecule has 4 aromatic rings. The molecule has 1 N–H and O–H groups in total. The highest BCUT2D eigenvalue weighted by atomic mass is 16.5. The molecule has 8 nitrogen and oxygen atoms in total. The van der Waals surface area contributed by atoms with E-state index in [0.29, 0.717) is 38.3 Å². The van der Waals surface area contributed by atoms with Crippen LogP contribution < -0.4 is 14.4 Å². The second-order valence-electron chi connectivity index (χ2n) is 10.2. The number of carboxylic acids is 1. The van der Waals surface area contributed by atoms with Gasteiger partial charge < -0.3 is 19.5 Å². The van der Waals surface area contributed by atoms with Crippen molar-refractivity contribution in [2.45, 2.75) is 46.3 Å². The number of nitrogens with zero attached hydrogens (tertiary/aromatic N) is 3. The minimum atomic E-state index is -0.960. The third-order valence-corrected chi connectivity index (χ3v) is 7.16. The van der Waals surface area contributed by atoms with E-state index in [9.17, 15) is 14.7 Å². The number of carbonyl (C=O) groups is 2. The molecule has 2 heterocycles. The van der Waals surface area contributed by atoms with Crippen molar-refractivity contribution in [1.29, 1.82) is 0 Å². The maximum Gasteiger partial charge on any atom is 0.335 e. The van der Waals surface area contributed by atoms with Crippen molar-refractivity contribution < 1.29 is 24.2 Å². The first-order valence-electron chi connectivity index (χ1n) is 13.4. The number of ether oxygens (including phenoxy) is 2. The lowest BCUT2D eigenvalue weighted by molar-refractivity contribution is -0.119. The van der Waals surface area contributed by atoms with Crippen LogP contribution in [0.15, 0.2) is 73.1 Å². The van der Waals surface area contributed by atoms with Crippen LogP contribution in [-0.4, -0.2) is 46.0 Å². The van der Waals surface area contributed by atoms with Gasteiger partial charge in [-0.25, -0.2) is 4.79 Å². The number of hydrogen-bond donors (Lipinski definition) is 1. The van der Waals surface area contributed by atoms with Gasteiger partial charge in [0.15, 0.2) is 5.75 Å². The summed E-state index contributed by atoms with van der Waals surface area (Å²) in [7, 11) is 0. The number of anilines is 1. The number of rotatable bonds is 9. The summed E-state index contributed by atoms with van der Waals surface area (Å²) < 4.78 is 14.0. The zero-order valence-corrected chi connectivity index (χ0v) is 23.0. The molecule has 0 saturated heterocycles. The summed E-state index contributed by atoms with van der Waals surface area (Å²) >= 11 is 0. The van der Waals surface area contributed by atoms with Crippen molar-refractivity contribution in [3.8, 4) is 22.6 Å². The number of carboxylic acid groups (broad SMARTS) is 1. The first-order chi connectivity index (χ1) is 19.3. The molecule has 206 valence electrons. The average molecular weight is 540 g/mol. The van der Waals surface area contributed by atoms with Crippen molar-refractivity contribution in [3.63, 3.8) is 0 Å². The van der Waals surface area contributed by atoms with Crippen LogP contribution in [0.2, 0.25) is 0 Å². The molecule has 1 atom stereocenters. The molecule has 0 bridgehead atoms. The van der Waals surface area contributed by atoms with Crippen LogP contribution in [-0.2, 0) is 11.3 Å². The molecule has 1 aliphatic heterocycles. The average Bonchev–Trinajstić information content (AvgIpc) is 3.40. The molecule has 0 aliphatic carbocycles. The minimum Gasteiger partial charge on any atom is -0.493 e. The van der Waals surface area contributed by atoms with Gasteiger partial charge in [-0.2, -0.15) is 5.10 Å². The van der Waals surface area contributed by atoms with Crippen molar-refractivity contribution >= 4 is 17.6 Å². The van der Waals surface area contributed by atoms with Crippen LogP contribution in [0.5, 0.6) is 11.5 Å². The Labute approximate surface area is 233 Å². The molecule has 0 spiro atoms. The van der Waals surface area contributed by atoms with E-state index in [-0.39, 0.29) is 17.6 Å². The third-order valence-electron chi connectivity index (χ3n) is 7.16. The Hall–Kier alpha value is -4.59. The largest absolute Gasteiger partial charge is 0.493 e. The van der Waals surface area contributed by atoms with Crippen molar-refractivity contribution in [2.75, 3.05) is 18.1 Å². The molecule has 3 aromatic carbocycles. The van der Waals surface area contributed by atoms with Gasteiger partial charge in [0, 0.05) is 23.7 Å². The molecule has 40 heavy (non-hydrogen) atoms. The Morgan fingerprint density at radius 3 is 2.73 bits per heavy atom. The van der Waals surface area contributed by atoms with E-state index in [1.807, 2.05) is 61.3 Å². The van der Waals surface area contributed by atoms with E-state index in [4.69, 9.17) is 9.47 Å². The molecule has 0 saturated carbocycles. The van der Waals surface area contributed by atoms with Crippen molar-refractivity contribution in [1.82, 2.24) is 9.78 Å². The maximum absolute atomic E-state index is 13.3. The monoisotopic (exact) mass is 539 g/mol. The van der Waals surface area contributed by atoms with Gasteiger partial charge in [0.2, 0.25) is 5.91 Å². The van der Waals surface area contributed by atoms with Gasteiger partial charge in [-0.3, -0.25) is 9.48 Å². The number of aromatic carboxylic acids is 1. The Morgan fingerprint density at radius 2 is 1.90 bits per heavy atom. The number of benzene rings is 3. The van der Waals surface area contributed by atoms with E-state index in [2.05, 4.69) is 18.1 Å². The Kier molecular flexibility index (Phi) is 7.86. The van der Waals surface area contributed by atoms with Gasteiger partial charge in [0.25, 0.3) is 0 Å². The lowest BCUT2D eigenvalue weighted by Crippen LogP contribution is -2.42. The van der Waals surface area contributed by atoms with E-state index in [1.54, 1.807) is 29.1 Å². The van der Waals surface area contributed by atoms with Crippen LogP contribution in [0.1, 0.15) is 46.8 Å². The molecule has 1 aromatic heterocycles. The Bertz CT molecular complexity index is 1540. The fourth-order valence-electron chi connectivity index (χ4n) is 4.92. The molecule has 5 rings (SSSR count). The molecular weight excluding hydrogens is 506 g/mol.